The van der Waals surface area contributed by atoms with Crippen molar-refractivity contribution in [3.05, 3.63) is 56.7 Å². The summed E-state index contributed by atoms with van der Waals surface area (Å²) in [6.07, 6.45) is -14.4. The number of fused-ring (bicyclic) bond motifs is 2. The van der Waals surface area contributed by atoms with E-state index in [-0.39, 0.29) is 49.2 Å². The number of aromatic hydroxyl groups is 1. The molecule has 5 aromatic rings. The van der Waals surface area contributed by atoms with Gasteiger partial charge in [0.2, 0.25) is 6.29 Å². The lowest BCUT2D eigenvalue weighted by molar-refractivity contribution is -0.352. The van der Waals surface area contributed by atoms with E-state index in [1.54, 1.807) is 19.1 Å². The molecule has 0 unspecified atom stereocenters. The van der Waals surface area contributed by atoms with Crippen molar-refractivity contribution >= 4 is 43.5 Å². The van der Waals surface area contributed by atoms with Gasteiger partial charge < -0.3 is 58.4 Å². The fourth-order valence-corrected chi connectivity index (χ4v) is 6.32. The Morgan fingerprint density at radius 3 is 2.09 bits per heavy atom. The molecule has 0 spiro atoms. The molecule has 14 nitrogen and oxygen atoms in total. The molecule has 2 fully saturated rings. The lowest BCUT2D eigenvalue weighted by Gasteiger charge is -2.45. The van der Waals surface area contributed by atoms with E-state index in [2.05, 4.69) is 0 Å². The van der Waals surface area contributed by atoms with Gasteiger partial charge in [-0.25, -0.2) is 9.59 Å². The molecular formula is C31H30O14. The van der Waals surface area contributed by atoms with Crippen LogP contribution in [0.25, 0.3) is 43.5 Å². The van der Waals surface area contributed by atoms with E-state index in [4.69, 9.17) is 27.8 Å². The molecule has 2 aromatic heterocycles. The highest BCUT2D eigenvalue weighted by molar-refractivity contribution is 6.28. The number of benzene rings is 3. The van der Waals surface area contributed by atoms with Crippen molar-refractivity contribution < 1.29 is 58.4 Å². The molecule has 238 valence electrons. The number of aliphatic hydroxyl groups excluding tert-OH is 5. The largest absolute Gasteiger partial charge is 0.506 e. The zero-order valence-electron chi connectivity index (χ0n) is 24.1. The van der Waals surface area contributed by atoms with E-state index in [1.807, 2.05) is 0 Å². The van der Waals surface area contributed by atoms with E-state index in [0.717, 1.165) is 0 Å². The molecule has 0 bridgehead atoms. The number of phenolic OH excluding ortho intramolecular Hbond substituents is 1. The highest BCUT2D eigenvalue weighted by Gasteiger charge is 2.50. The number of hydrogen-bond acceptors (Lipinski definition) is 14. The first-order chi connectivity index (χ1) is 21.4. The molecule has 2 saturated heterocycles. The Bertz CT molecular complexity index is 2050. The average molecular weight is 627 g/mol. The highest BCUT2D eigenvalue weighted by atomic mass is 16.8. The molecule has 0 amide bonds. The Hall–Kier alpha value is -3.86. The minimum atomic E-state index is -1.73. The van der Waals surface area contributed by atoms with Gasteiger partial charge in [0.05, 0.1) is 23.0 Å². The van der Waals surface area contributed by atoms with Crippen LogP contribution < -0.4 is 16.0 Å². The summed E-state index contributed by atoms with van der Waals surface area (Å²) in [4.78, 5) is 26.4. The first-order valence-electron chi connectivity index (χ1n) is 14.3. The van der Waals surface area contributed by atoms with Gasteiger partial charge in [0.15, 0.2) is 18.0 Å². The molecule has 10 atom stereocenters. The molecule has 0 aliphatic carbocycles. The first-order valence-corrected chi connectivity index (χ1v) is 14.3. The third-order valence-corrected chi connectivity index (χ3v) is 8.78. The van der Waals surface area contributed by atoms with Gasteiger partial charge in [-0.3, -0.25) is 0 Å². The lowest BCUT2D eigenvalue weighted by Crippen LogP contribution is -2.63. The van der Waals surface area contributed by atoms with Gasteiger partial charge in [0.1, 0.15) is 53.0 Å². The summed E-state index contributed by atoms with van der Waals surface area (Å²) < 4.78 is 34.7. The van der Waals surface area contributed by atoms with Crippen LogP contribution in [0.3, 0.4) is 0 Å². The zero-order valence-corrected chi connectivity index (χ0v) is 24.1. The Labute approximate surface area is 252 Å². The molecule has 2 aliphatic heterocycles. The van der Waals surface area contributed by atoms with Crippen molar-refractivity contribution in [2.24, 2.45) is 0 Å². The quantitative estimate of drug-likeness (QED) is 0.0920. The van der Waals surface area contributed by atoms with Crippen LogP contribution in [0.15, 0.2) is 48.8 Å². The van der Waals surface area contributed by atoms with Gasteiger partial charge in [-0.1, -0.05) is 18.2 Å². The van der Waals surface area contributed by atoms with Crippen molar-refractivity contribution in [2.75, 3.05) is 0 Å². The minimum Gasteiger partial charge on any atom is -0.506 e. The van der Waals surface area contributed by atoms with Gasteiger partial charge >= 0.3 is 11.3 Å². The topological polar surface area (TPSA) is 219 Å². The van der Waals surface area contributed by atoms with E-state index in [9.17, 15) is 40.2 Å². The Morgan fingerprint density at radius 2 is 1.36 bits per heavy atom. The molecular weight excluding hydrogens is 596 g/mol. The number of hydrogen-bond donors (Lipinski definition) is 6. The summed E-state index contributed by atoms with van der Waals surface area (Å²) in [6, 6.07) is 7.62. The maximum Gasteiger partial charge on any atom is 0.348 e. The monoisotopic (exact) mass is 626 g/mol. The molecule has 2 aliphatic rings. The van der Waals surface area contributed by atoms with Crippen LogP contribution in [0.5, 0.6) is 11.5 Å². The van der Waals surface area contributed by atoms with Crippen LogP contribution in [0, 0.1) is 6.92 Å². The van der Waals surface area contributed by atoms with Gasteiger partial charge in [-0.2, -0.15) is 0 Å². The van der Waals surface area contributed by atoms with Crippen molar-refractivity contribution in [1.82, 2.24) is 0 Å². The van der Waals surface area contributed by atoms with Crippen LogP contribution in [-0.2, 0) is 14.2 Å². The third-order valence-electron chi connectivity index (χ3n) is 8.78. The molecule has 7 rings (SSSR count). The summed E-state index contributed by atoms with van der Waals surface area (Å²) in [5.74, 6) is -0.468. The van der Waals surface area contributed by atoms with Crippen LogP contribution in [0.4, 0.5) is 0 Å². The van der Waals surface area contributed by atoms with Crippen molar-refractivity contribution in [2.45, 2.75) is 82.2 Å². The molecule has 0 saturated carbocycles. The Balaban J connectivity index is 1.39. The van der Waals surface area contributed by atoms with E-state index >= 15 is 0 Å². The van der Waals surface area contributed by atoms with E-state index in [1.165, 1.54) is 32.0 Å². The Morgan fingerprint density at radius 1 is 0.689 bits per heavy atom. The third kappa shape index (κ3) is 4.40. The fraction of sp³-hybridized carbons (Fsp3) is 0.419. The zero-order chi connectivity index (χ0) is 32.1. The molecule has 14 heteroatoms. The van der Waals surface area contributed by atoms with E-state index < -0.39 is 78.4 Å². The van der Waals surface area contributed by atoms with E-state index in [0.29, 0.717) is 5.56 Å². The standard InChI is InChI=1S/C31H30O14/c1-9-7-8-14-17-15(9)28(38)44-26-16-12(22(34)19(18(17)26)29(39)42-14)5-4-6-13(16)43-31-27(24(36)21(33)11(3)41-31)45-30-25(37)23(35)20(32)10(2)40-30/h4-8,10-11,20-21,23-25,27,30-37H,1-3H3/t10-,11-,20-,21-,23-,24-,25+,27+,30+,31-/m0/s1. The van der Waals surface area contributed by atoms with Crippen LogP contribution in [-0.4, -0.2) is 92.1 Å². The molecule has 6 N–H and O–H groups in total. The SMILES string of the molecule is Cc1ccc2oc(=O)c3c(O)c4cccc(O[C@@H]5O[C@@H](C)[C@H](O)[C@H](O)[C@H]5O[C@H]5O[C@@H](C)[C@H](O)[C@H](O)[C@H]5O)c4c4oc(=O)c1c2c34. The summed E-state index contributed by atoms with van der Waals surface area (Å²) in [6.45, 7) is 4.63. The number of aliphatic hydroxyl groups is 5. The second kappa shape index (κ2) is 10.6. The summed E-state index contributed by atoms with van der Waals surface area (Å²) in [5, 5.41) is 64.5. The maximum atomic E-state index is 13.3. The molecule has 0 radical (unpaired) electrons. The van der Waals surface area contributed by atoms with Gasteiger partial charge in [0, 0.05) is 16.2 Å². The maximum absolute atomic E-state index is 13.3. The normalized spacial score (nSPS) is 32.6. The van der Waals surface area contributed by atoms with Crippen molar-refractivity contribution in [3.8, 4) is 11.5 Å². The van der Waals surface area contributed by atoms with Crippen molar-refractivity contribution in [1.29, 1.82) is 0 Å². The summed E-state index contributed by atoms with van der Waals surface area (Å²) in [7, 11) is 0. The summed E-state index contributed by atoms with van der Waals surface area (Å²) >= 11 is 0. The lowest BCUT2D eigenvalue weighted by atomic mass is 9.95. The molecule has 3 aromatic carbocycles. The second-order valence-corrected chi connectivity index (χ2v) is 11.6. The van der Waals surface area contributed by atoms with Gasteiger partial charge in [-0.15, -0.1) is 0 Å². The number of rotatable bonds is 4. The first kappa shape index (κ1) is 29.8. The molecule has 4 heterocycles. The minimum absolute atomic E-state index is 0.0201. The predicted molar refractivity (Wildman–Crippen MR) is 155 cm³/mol. The van der Waals surface area contributed by atoms with Crippen molar-refractivity contribution in [3.63, 3.8) is 0 Å². The predicted octanol–water partition coefficient (Wildman–Crippen LogP) is 0.716. The highest BCUT2D eigenvalue weighted by Crippen LogP contribution is 2.45. The van der Waals surface area contributed by atoms with Crippen LogP contribution in [0.1, 0.15) is 19.4 Å². The fourth-order valence-electron chi connectivity index (χ4n) is 6.32. The average Bonchev–Trinajstić information content (AvgIpc) is 3.01. The number of ether oxygens (including phenoxy) is 4. The van der Waals surface area contributed by atoms with Gasteiger partial charge in [-0.05, 0) is 38.5 Å². The second-order valence-electron chi connectivity index (χ2n) is 11.6. The van der Waals surface area contributed by atoms with Gasteiger partial charge in [0.25, 0.3) is 0 Å². The number of aryl methyl sites for hydroxylation is 1. The van der Waals surface area contributed by atoms with Crippen LogP contribution in [0.2, 0.25) is 0 Å². The molecule has 45 heavy (non-hydrogen) atoms. The Kier molecular flexibility index (Phi) is 7.03. The number of phenols is 1. The smallest absolute Gasteiger partial charge is 0.348 e. The van der Waals surface area contributed by atoms with Crippen LogP contribution >= 0.6 is 0 Å². The summed E-state index contributed by atoms with van der Waals surface area (Å²) in [5.41, 5.74) is -0.962.